The van der Waals surface area contributed by atoms with Gasteiger partial charge in [0.15, 0.2) is 0 Å². The van der Waals surface area contributed by atoms with Gasteiger partial charge in [0.05, 0.1) is 12.3 Å². The topological polar surface area (TPSA) is 82.2 Å². The molecule has 2 heterocycles. The molecule has 0 bridgehead atoms. The van der Waals surface area contributed by atoms with Crippen molar-refractivity contribution in [1.29, 1.82) is 0 Å². The van der Waals surface area contributed by atoms with Crippen LogP contribution in [0.1, 0.15) is 39.0 Å². The Labute approximate surface area is 177 Å². The van der Waals surface area contributed by atoms with Crippen molar-refractivity contribution in [3.05, 3.63) is 24.3 Å². The van der Waals surface area contributed by atoms with E-state index in [1.165, 1.54) is 4.90 Å². The number of hydrogen-bond acceptors (Lipinski definition) is 5. The summed E-state index contributed by atoms with van der Waals surface area (Å²) >= 11 is 0. The highest BCUT2D eigenvalue weighted by molar-refractivity contribution is 6.07. The zero-order valence-corrected chi connectivity index (χ0v) is 17.6. The van der Waals surface area contributed by atoms with E-state index >= 15 is 0 Å². The first-order valence-corrected chi connectivity index (χ1v) is 10.9. The molecule has 1 spiro atoms. The van der Waals surface area contributed by atoms with Gasteiger partial charge in [-0.1, -0.05) is 25.0 Å². The molecule has 1 aliphatic carbocycles. The fourth-order valence-corrected chi connectivity index (χ4v) is 4.75. The third-order valence-electron chi connectivity index (χ3n) is 6.39. The number of nitrogens with one attached hydrogen (secondary N) is 1. The third kappa shape index (κ3) is 3.82. The number of ether oxygens (including phenoxy) is 1. The van der Waals surface area contributed by atoms with Crippen LogP contribution in [-0.2, 0) is 9.59 Å². The molecule has 0 atom stereocenters. The van der Waals surface area contributed by atoms with Gasteiger partial charge in [-0.25, -0.2) is 4.79 Å². The quantitative estimate of drug-likeness (QED) is 0.720. The van der Waals surface area contributed by atoms with Crippen molar-refractivity contribution in [2.45, 2.75) is 44.6 Å². The largest absolute Gasteiger partial charge is 0.492 e. The monoisotopic (exact) mass is 414 g/mol. The standard InChI is InChI=1S/C22H30N4O4/c1-2-30-18-8-4-3-7-17(18)24-13-15-25(16-14-24)19(27)9-12-26-20(28)22(23-21(26)29)10-5-6-11-22/h3-4,7-8H,2,5-6,9-16H2,1H3,(H,23,29). The highest BCUT2D eigenvalue weighted by Crippen LogP contribution is 2.35. The minimum absolute atomic E-state index is 0.0132. The van der Waals surface area contributed by atoms with Crippen molar-refractivity contribution in [2.24, 2.45) is 0 Å². The molecule has 8 nitrogen and oxygen atoms in total. The lowest BCUT2D eigenvalue weighted by atomic mass is 9.98. The number of piperazine rings is 1. The van der Waals surface area contributed by atoms with Crippen LogP contribution >= 0.6 is 0 Å². The summed E-state index contributed by atoms with van der Waals surface area (Å²) in [6.07, 6.45) is 3.48. The van der Waals surface area contributed by atoms with E-state index in [4.69, 9.17) is 4.74 Å². The molecule has 3 fully saturated rings. The van der Waals surface area contributed by atoms with Gasteiger partial charge in [0.2, 0.25) is 5.91 Å². The molecule has 3 aliphatic rings. The van der Waals surface area contributed by atoms with Gasteiger partial charge in [-0.2, -0.15) is 0 Å². The van der Waals surface area contributed by atoms with E-state index in [-0.39, 0.29) is 30.8 Å². The molecular weight excluding hydrogens is 384 g/mol. The number of imide groups is 1. The van der Waals surface area contributed by atoms with Crippen LogP contribution in [0.5, 0.6) is 5.75 Å². The lowest BCUT2D eigenvalue weighted by Gasteiger charge is -2.37. The van der Waals surface area contributed by atoms with Gasteiger partial charge in [-0.05, 0) is 31.9 Å². The Balaban J connectivity index is 1.29. The van der Waals surface area contributed by atoms with Gasteiger partial charge in [-0.15, -0.1) is 0 Å². The number of hydrogen-bond donors (Lipinski definition) is 1. The molecule has 1 aromatic rings. The van der Waals surface area contributed by atoms with Crippen LogP contribution < -0.4 is 15.0 Å². The Bertz CT molecular complexity index is 813. The zero-order valence-electron chi connectivity index (χ0n) is 17.6. The Morgan fingerprint density at radius 1 is 1.10 bits per heavy atom. The third-order valence-corrected chi connectivity index (χ3v) is 6.39. The van der Waals surface area contributed by atoms with Crippen LogP contribution in [0.4, 0.5) is 10.5 Å². The summed E-state index contributed by atoms with van der Waals surface area (Å²) in [6, 6.07) is 7.60. The van der Waals surface area contributed by atoms with Crippen molar-refractivity contribution in [2.75, 3.05) is 44.2 Å². The number of urea groups is 1. The molecule has 1 saturated carbocycles. The maximum atomic E-state index is 12.7. The average molecular weight is 415 g/mol. The predicted molar refractivity (Wildman–Crippen MR) is 112 cm³/mol. The van der Waals surface area contributed by atoms with Gasteiger partial charge in [0, 0.05) is 39.1 Å². The number of para-hydroxylation sites is 2. The average Bonchev–Trinajstić information content (AvgIpc) is 3.32. The van der Waals surface area contributed by atoms with E-state index in [1.807, 2.05) is 36.1 Å². The summed E-state index contributed by atoms with van der Waals surface area (Å²) in [5.74, 6) is 0.690. The maximum absolute atomic E-state index is 12.7. The van der Waals surface area contributed by atoms with Crippen LogP contribution in [0.2, 0.25) is 0 Å². The Hall–Kier alpha value is -2.77. The molecule has 0 unspecified atom stereocenters. The minimum atomic E-state index is -0.709. The van der Waals surface area contributed by atoms with Crippen molar-refractivity contribution in [1.82, 2.24) is 15.1 Å². The second-order valence-corrected chi connectivity index (χ2v) is 8.19. The van der Waals surface area contributed by atoms with E-state index in [0.29, 0.717) is 32.5 Å². The smallest absolute Gasteiger partial charge is 0.325 e. The Morgan fingerprint density at radius 3 is 2.50 bits per heavy atom. The summed E-state index contributed by atoms with van der Waals surface area (Å²) in [4.78, 5) is 43.0. The van der Waals surface area contributed by atoms with Crippen LogP contribution in [0.25, 0.3) is 0 Å². The lowest BCUT2D eigenvalue weighted by molar-refractivity contribution is -0.133. The van der Waals surface area contributed by atoms with E-state index in [1.54, 1.807) is 0 Å². The molecule has 0 radical (unpaired) electrons. The van der Waals surface area contributed by atoms with Crippen LogP contribution in [0, 0.1) is 0 Å². The summed E-state index contributed by atoms with van der Waals surface area (Å²) in [5, 5.41) is 2.87. The number of rotatable bonds is 6. The van der Waals surface area contributed by atoms with Gasteiger partial charge in [-0.3, -0.25) is 14.5 Å². The first-order chi connectivity index (χ1) is 14.5. The lowest BCUT2D eigenvalue weighted by Crippen LogP contribution is -2.49. The maximum Gasteiger partial charge on any atom is 0.325 e. The van der Waals surface area contributed by atoms with Crippen LogP contribution in [0.15, 0.2) is 24.3 Å². The zero-order chi connectivity index (χ0) is 21.1. The van der Waals surface area contributed by atoms with E-state index in [2.05, 4.69) is 10.2 Å². The van der Waals surface area contributed by atoms with Gasteiger partial charge in [0.1, 0.15) is 11.3 Å². The van der Waals surface area contributed by atoms with Crippen molar-refractivity contribution < 1.29 is 19.1 Å². The molecule has 2 saturated heterocycles. The fourth-order valence-electron chi connectivity index (χ4n) is 4.75. The van der Waals surface area contributed by atoms with Crippen LogP contribution in [-0.4, -0.2) is 72.5 Å². The highest BCUT2D eigenvalue weighted by Gasteiger charge is 2.52. The molecule has 4 amide bonds. The second-order valence-electron chi connectivity index (χ2n) is 8.19. The Morgan fingerprint density at radius 2 is 1.80 bits per heavy atom. The SMILES string of the molecule is CCOc1ccccc1N1CCN(C(=O)CCN2C(=O)NC3(CCCC3)C2=O)CC1. The number of anilines is 1. The molecule has 1 aromatic carbocycles. The number of carbonyl (C=O) groups is 3. The van der Waals surface area contributed by atoms with Crippen molar-refractivity contribution in [3.63, 3.8) is 0 Å². The second kappa shape index (κ2) is 8.53. The predicted octanol–water partition coefficient (Wildman–Crippen LogP) is 1.99. The summed E-state index contributed by atoms with van der Waals surface area (Å²) in [5.41, 5.74) is 0.340. The van der Waals surface area contributed by atoms with Gasteiger partial charge < -0.3 is 19.9 Å². The van der Waals surface area contributed by atoms with E-state index < -0.39 is 5.54 Å². The molecule has 4 rings (SSSR count). The first kappa shape index (κ1) is 20.5. The van der Waals surface area contributed by atoms with Gasteiger partial charge in [0.25, 0.3) is 5.91 Å². The summed E-state index contributed by atoms with van der Waals surface area (Å²) < 4.78 is 5.72. The normalized spacial score (nSPS) is 20.8. The molecular formula is C22H30N4O4. The number of benzene rings is 1. The van der Waals surface area contributed by atoms with Crippen molar-refractivity contribution >= 4 is 23.5 Å². The highest BCUT2D eigenvalue weighted by atomic mass is 16.5. The van der Waals surface area contributed by atoms with Gasteiger partial charge >= 0.3 is 6.03 Å². The van der Waals surface area contributed by atoms with E-state index in [0.717, 1.165) is 37.4 Å². The number of carbonyl (C=O) groups excluding carboxylic acids is 3. The molecule has 162 valence electrons. The number of nitrogens with zero attached hydrogens (tertiary/aromatic N) is 3. The number of amides is 4. The first-order valence-electron chi connectivity index (χ1n) is 10.9. The van der Waals surface area contributed by atoms with Crippen molar-refractivity contribution in [3.8, 4) is 5.75 Å². The molecule has 30 heavy (non-hydrogen) atoms. The summed E-state index contributed by atoms with van der Waals surface area (Å²) in [6.45, 7) is 5.41. The molecule has 8 heteroatoms. The molecule has 2 aliphatic heterocycles. The molecule has 1 N–H and O–H groups in total. The van der Waals surface area contributed by atoms with E-state index in [9.17, 15) is 14.4 Å². The fraction of sp³-hybridized carbons (Fsp3) is 0.591. The molecule has 0 aromatic heterocycles. The Kier molecular flexibility index (Phi) is 5.83. The summed E-state index contributed by atoms with van der Waals surface area (Å²) in [7, 11) is 0. The van der Waals surface area contributed by atoms with Crippen LogP contribution in [0.3, 0.4) is 0 Å². The minimum Gasteiger partial charge on any atom is -0.492 e.